The van der Waals surface area contributed by atoms with Gasteiger partial charge >= 0.3 is 0 Å². The molecule has 0 aromatic carbocycles. The number of aromatic nitrogens is 3. The summed E-state index contributed by atoms with van der Waals surface area (Å²) in [6, 6.07) is 3.47. The highest BCUT2D eigenvalue weighted by molar-refractivity contribution is 5.82. The quantitative estimate of drug-likeness (QED) is 0.922. The van der Waals surface area contributed by atoms with E-state index < -0.39 is 0 Å². The first kappa shape index (κ1) is 14.5. The highest BCUT2D eigenvalue weighted by Gasteiger charge is 2.44. The SMILES string of the molecule is Cc1cc(=O)n2[nH]c([C@@H]3CCCCN3C(=O)[C@@H]3C[C@@H]3C)cc2n1. The van der Waals surface area contributed by atoms with Crippen molar-refractivity contribution < 1.29 is 4.79 Å². The third-order valence-electron chi connectivity index (χ3n) is 5.17. The van der Waals surface area contributed by atoms with Gasteiger partial charge in [0.2, 0.25) is 5.91 Å². The van der Waals surface area contributed by atoms with Crippen LogP contribution in [-0.4, -0.2) is 31.9 Å². The third-order valence-corrected chi connectivity index (χ3v) is 5.17. The first-order valence-electron chi connectivity index (χ1n) is 8.44. The number of hydrogen-bond acceptors (Lipinski definition) is 3. The molecule has 0 spiro atoms. The first-order valence-corrected chi connectivity index (χ1v) is 8.44. The van der Waals surface area contributed by atoms with Gasteiger partial charge in [-0.1, -0.05) is 6.92 Å². The molecule has 6 nitrogen and oxygen atoms in total. The average molecular weight is 314 g/mol. The van der Waals surface area contributed by atoms with Crippen LogP contribution in [0.2, 0.25) is 0 Å². The Labute approximate surface area is 134 Å². The van der Waals surface area contributed by atoms with Gasteiger partial charge in [-0.3, -0.25) is 14.7 Å². The molecule has 23 heavy (non-hydrogen) atoms. The second kappa shape index (κ2) is 5.22. The zero-order valence-corrected chi connectivity index (χ0v) is 13.6. The van der Waals surface area contributed by atoms with Gasteiger partial charge in [-0.2, -0.15) is 0 Å². The number of carbonyl (C=O) groups is 1. The van der Waals surface area contributed by atoms with Gasteiger partial charge in [-0.15, -0.1) is 0 Å². The maximum atomic E-state index is 12.7. The summed E-state index contributed by atoms with van der Waals surface area (Å²) < 4.78 is 1.47. The van der Waals surface area contributed by atoms with Gasteiger partial charge in [0.05, 0.1) is 11.7 Å². The second-order valence-electron chi connectivity index (χ2n) is 7.00. The van der Waals surface area contributed by atoms with Crippen LogP contribution in [0.5, 0.6) is 0 Å². The molecule has 3 heterocycles. The lowest BCUT2D eigenvalue weighted by atomic mass is 9.98. The summed E-state index contributed by atoms with van der Waals surface area (Å²) in [5.41, 5.74) is 2.15. The molecule has 0 bridgehead atoms. The molecule has 0 unspecified atom stereocenters. The first-order chi connectivity index (χ1) is 11.0. The van der Waals surface area contributed by atoms with E-state index >= 15 is 0 Å². The van der Waals surface area contributed by atoms with Crippen LogP contribution in [0, 0.1) is 18.8 Å². The smallest absolute Gasteiger partial charge is 0.272 e. The summed E-state index contributed by atoms with van der Waals surface area (Å²) in [5, 5.41) is 3.16. The van der Waals surface area contributed by atoms with Gasteiger partial charge in [0, 0.05) is 30.3 Å². The van der Waals surface area contributed by atoms with Crippen molar-refractivity contribution in [2.75, 3.05) is 6.54 Å². The summed E-state index contributed by atoms with van der Waals surface area (Å²) in [5.74, 6) is 0.986. The number of hydrogen-bond donors (Lipinski definition) is 1. The molecular weight excluding hydrogens is 292 g/mol. The van der Waals surface area contributed by atoms with Crippen molar-refractivity contribution >= 4 is 11.6 Å². The Hall–Kier alpha value is -2.11. The van der Waals surface area contributed by atoms with Crippen molar-refractivity contribution in [3.8, 4) is 0 Å². The standard InChI is InChI=1S/C17H22N4O2/c1-10-7-12(10)17(23)20-6-4-3-5-14(20)13-9-15-18-11(2)8-16(22)21(15)19-13/h8-10,12,14,19H,3-7H2,1-2H3/t10-,12+,14-/m0/s1. The molecule has 3 atom stereocenters. The number of aromatic amines is 1. The number of amides is 1. The fraction of sp³-hybridized carbons (Fsp3) is 0.588. The molecule has 1 N–H and O–H groups in total. The largest absolute Gasteiger partial charge is 0.334 e. The minimum absolute atomic E-state index is 0.0328. The van der Waals surface area contributed by atoms with Crippen molar-refractivity contribution in [1.82, 2.24) is 19.5 Å². The fourth-order valence-electron chi connectivity index (χ4n) is 3.70. The monoisotopic (exact) mass is 314 g/mol. The van der Waals surface area contributed by atoms with E-state index in [1.165, 1.54) is 10.6 Å². The molecule has 4 rings (SSSR count). The molecule has 1 aliphatic carbocycles. The van der Waals surface area contributed by atoms with Gasteiger partial charge in [0.25, 0.3) is 5.56 Å². The Kier molecular flexibility index (Phi) is 3.28. The molecule has 1 aliphatic heterocycles. The van der Waals surface area contributed by atoms with E-state index in [1.54, 1.807) is 0 Å². The Morgan fingerprint density at radius 1 is 1.35 bits per heavy atom. The molecule has 1 saturated carbocycles. The van der Waals surface area contributed by atoms with Crippen LogP contribution in [0.15, 0.2) is 16.9 Å². The molecule has 1 amide bonds. The number of piperidine rings is 1. The summed E-state index contributed by atoms with van der Waals surface area (Å²) >= 11 is 0. The Morgan fingerprint density at radius 2 is 2.13 bits per heavy atom. The Balaban J connectivity index is 1.70. The van der Waals surface area contributed by atoms with Crippen molar-refractivity contribution in [3.05, 3.63) is 33.9 Å². The predicted octanol–water partition coefficient (Wildman–Crippen LogP) is 2.04. The maximum absolute atomic E-state index is 12.7. The van der Waals surface area contributed by atoms with Gasteiger partial charge < -0.3 is 4.90 Å². The van der Waals surface area contributed by atoms with Crippen LogP contribution < -0.4 is 5.56 Å². The molecule has 2 aliphatic rings. The number of likely N-dealkylation sites (tertiary alicyclic amines) is 1. The minimum Gasteiger partial charge on any atom is -0.334 e. The van der Waals surface area contributed by atoms with Crippen molar-refractivity contribution in [2.45, 2.75) is 45.6 Å². The van der Waals surface area contributed by atoms with Gasteiger partial charge in [-0.05, 0) is 38.5 Å². The molecule has 122 valence electrons. The van der Waals surface area contributed by atoms with E-state index in [9.17, 15) is 9.59 Å². The Morgan fingerprint density at radius 3 is 2.87 bits per heavy atom. The summed E-state index contributed by atoms with van der Waals surface area (Å²) in [7, 11) is 0. The van der Waals surface area contributed by atoms with E-state index in [2.05, 4.69) is 17.0 Å². The lowest BCUT2D eigenvalue weighted by Gasteiger charge is -2.35. The van der Waals surface area contributed by atoms with Crippen LogP contribution in [0.3, 0.4) is 0 Å². The normalized spacial score (nSPS) is 27.4. The number of aryl methyl sites for hydroxylation is 1. The number of rotatable bonds is 2. The van der Waals surface area contributed by atoms with E-state index in [0.717, 1.165) is 37.9 Å². The highest BCUT2D eigenvalue weighted by Crippen LogP contribution is 2.42. The van der Waals surface area contributed by atoms with E-state index in [-0.39, 0.29) is 23.4 Å². The van der Waals surface area contributed by atoms with Crippen LogP contribution >= 0.6 is 0 Å². The number of carbonyl (C=O) groups excluding carboxylic acids is 1. The summed E-state index contributed by atoms with van der Waals surface area (Å²) in [6.07, 6.45) is 4.11. The lowest BCUT2D eigenvalue weighted by molar-refractivity contribution is -0.136. The zero-order chi connectivity index (χ0) is 16.1. The second-order valence-corrected chi connectivity index (χ2v) is 7.00. The van der Waals surface area contributed by atoms with Gasteiger partial charge in [0.1, 0.15) is 0 Å². The summed E-state index contributed by atoms with van der Waals surface area (Å²) in [6.45, 7) is 4.76. The topological polar surface area (TPSA) is 70.5 Å². The molecule has 2 fully saturated rings. The fourth-order valence-corrected chi connectivity index (χ4v) is 3.70. The van der Waals surface area contributed by atoms with Crippen LogP contribution in [0.25, 0.3) is 5.65 Å². The molecule has 0 radical (unpaired) electrons. The zero-order valence-electron chi connectivity index (χ0n) is 13.6. The molecule has 2 aromatic heterocycles. The summed E-state index contributed by atoms with van der Waals surface area (Å²) in [4.78, 5) is 31.2. The van der Waals surface area contributed by atoms with E-state index in [4.69, 9.17) is 0 Å². The van der Waals surface area contributed by atoms with Crippen LogP contribution in [0.1, 0.15) is 50.0 Å². The van der Waals surface area contributed by atoms with Crippen LogP contribution in [0.4, 0.5) is 0 Å². The Bertz CT molecular complexity index is 822. The number of nitrogens with one attached hydrogen (secondary N) is 1. The predicted molar refractivity (Wildman–Crippen MR) is 86.1 cm³/mol. The molecule has 6 heteroatoms. The van der Waals surface area contributed by atoms with E-state index in [1.807, 2.05) is 17.9 Å². The highest BCUT2D eigenvalue weighted by atomic mass is 16.2. The van der Waals surface area contributed by atoms with Gasteiger partial charge in [-0.25, -0.2) is 9.50 Å². The lowest BCUT2D eigenvalue weighted by Crippen LogP contribution is -2.39. The van der Waals surface area contributed by atoms with Crippen LogP contribution in [-0.2, 0) is 4.79 Å². The number of H-pyrrole nitrogens is 1. The molecule has 2 aromatic rings. The number of fused-ring (bicyclic) bond motifs is 1. The van der Waals surface area contributed by atoms with Crippen molar-refractivity contribution in [1.29, 1.82) is 0 Å². The third kappa shape index (κ3) is 2.46. The van der Waals surface area contributed by atoms with E-state index in [0.29, 0.717) is 17.3 Å². The van der Waals surface area contributed by atoms with Gasteiger partial charge in [0.15, 0.2) is 5.65 Å². The maximum Gasteiger partial charge on any atom is 0.272 e. The molecule has 1 saturated heterocycles. The average Bonchev–Trinajstić information content (AvgIpc) is 3.09. The van der Waals surface area contributed by atoms with Crippen molar-refractivity contribution in [2.24, 2.45) is 11.8 Å². The van der Waals surface area contributed by atoms with Crippen molar-refractivity contribution in [3.63, 3.8) is 0 Å². The number of nitrogens with zero attached hydrogens (tertiary/aromatic N) is 3. The minimum atomic E-state index is -0.108. The molecular formula is C17H22N4O2.